The van der Waals surface area contributed by atoms with Crippen molar-refractivity contribution in [1.82, 2.24) is 0 Å². The lowest BCUT2D eigenvalue weighted by atomic mass is 10.1. The van der Waals surface area contributed by atoms with Crippen LogP contribution in [0.4, 0.5) is 0 Å². The average molecular weight is 244 g/mol. The first-order valence-electron chi connectivity index (χ1n) is 4.46. The van der Waals surface area contributed by atoms with E-state index < -0.39 is 11.9 Å². The molecule has 6 nitrogen and oxygen atoms in total. The van der Waals surface area contributed by atoms with E-state index >= 15 is 0 Å². The van der Waals surface area contributed by atoms with Crippen molar-refractivity contribution in [3.05, 3.63) is 15.3 Å². The molecule has 0 saturated carbocycles. The van der Waals surface area contributed by atoms with Gasteiger partial charge < -0.3 is 15.1 Å². The normalized spacial score (nSPS) is 18.7. The monoisotopic (exact) mass is 244 g/mol. The second-order valence-corrected chi connectivity index (χ2v) is 4.39. The van der Waals surface area contributed by atoms with Crippen LogP contribution in [0.5, 0.6) is 5.75 Å². The molecule has 16 heavy (non-hydrogen) atoms. The van der Waals surface area contributed by atoms with Crippen LogP contribution >= 0.6 is 11.3 Å². The number of aromatic carboxylic acids is 2. The number of hydrogen-bond donors (Lipinski definition) is 2. The number of carbonyl (C=O) groups is 2. The highest BCUT2D eigenvalue weighted by Crippen LogP contribution is 2.39. The SMILES string of the molecule is CC1Cc2c(C(=O)O)sc(C(=O)O)c2OO1. The van der Waals surface area contributed by atoms with Gasteiger partial charge in [-0.1, -0.05) is 0 Å². The Hall–Kier alpha value is -1.60. The lowest BCUT2D eigenvalue weighted by Gasteiger charge is -2.18. The van der Waals surface area contributed by atoms with Crippen LogP contribution in [0.15, 0.2) is 0 Å². The Morgan fingerprint density at radius 3 is 2.50 bits per heavy atom. The largest absolute Gasteiger partial charge is 0.477 e. The quantitative estimate of drug-likeness (QED) is 0.764. The standard InChI is InChI=1S/C9H8O6S/c1-3-2-4-5(15-14-3)7(9(12)13)16-6(4)8(10)11/h3H,2H2,1H3,(H,10,11)(H,12,13). The number of hydrogen-bond acceptors (Lipinski definition) is 5. The fourth-order valence-corrected chi connectivity index (χ4v) is 2.42. The topological polar surface area (TPSA) is 93.1 Å². The van der Waals surface area contributed by atoms with Gasteiger partial charge >= 0.3 is 11.9 Å². The van der Waals surface area contributed by atoms with Gasteiger partial charge in [0.05, 0.1) is 0 Å². The summed E-state index contributed by atoms with van der Waals surface area (Å²) in [6.07, 6.45) is 0.0441. The first-order valence-corrected chi connectivity index (χ1v) is 5.28. The Morgan fingerprint density at radius 1 is 1.31 bits per heavy atom. The molecule has 0 bridgehead atoms. The summed E-state index contributed by atoms with van der Waals surface area (Å²) >= 11 is 0.689. The first-order chi connectivity index (χ1) is 7.50. The fraction of sp³-hybridized carbons (Fsp3) is 0.333. The summed E-state index contributed by atoms with van der Waals surface area (Å²) in [4.78, 5) is 31.3. The zero-order valence-electron chi connectivity index (χ0n) is 8.22. The molecule has 0 aliphatic carbocycles. The van der Waals surface area contributed by atoms with E-state index in [2.05, 4.69) is 0 Å². The molecule has 0 aromatic carbocycles. The van der Waals surface area contributed by atoms with Crippen molar-refractivity contribution in [3.63, 3.8) is 0 Å². The predicted octanol–water partition coefficient (Wildman–Crippen LogP) is 1.40. The van der Waals surface area contributed by atoms with E-state index in [1.54, 1.807) is 6.92 Å². The van der Waals surface area contributed by atoms with Crippen LogP contribution in [0, 0.1) is 0 Å². The summed E-state index contributed by atoms with van der Waals surface area (Å²) in [6.45, 7) is 1.71. The number of carboxylic acids is 2. The van der Waals surface area contributed by atoms with Crippen molar-refractivity contribution in [2.45, 2.75) is 19.4 Å². The molecule has 86 valence electrons. The molecule has 1 unspecified atom stereocenters. The molecule has 1 aliphatic heterocycles. The molecule has 2 rings (SSSR count). The molecular formula is C9H8O6S. The van der Waals surface area contributed by atoms with Gasteiger partial charge in [-0.15, -0.1) is 11.3 Å². The van der Waals surface area contributed by atoms with Crippen LogP contribution in [0.1, 0.15) is 31.8 Å². The number of thiophene rings is 1. The third-order valence-electron chi connectivity index (χ3n) is 2.13. The molecule has 1 aromatic heterocycles. The minimum atomic E-state index is -1.22. The van der Waals surface area contributed by atoms with E-state index in [0.29, 0.717) is 23.3 Å². The van der Waals surface area contributed by atoms with Gasteiger partial charge in [0.25, 0.3) is 0 Å². The van der Waals surface area contributed by atoms with E-state index in [4.69, 9.17) is 20.0 Å². The van der Waals surface area contributed by atoms with Gasteiger partial charge in [0.1, 0.15) is 11.0 Å². The van der Waals surface area contributed by atoms with Gasteiger partial charge in [0, 0.05) is 12.0 Å². The van der Waals surface area contributed by atoms with E-state index in [0.717, 1.165) is 0 Å². The Morgan fingerprint density at radius 2 is 1.94 bits per heavy atom. The maximum absolute atomic E-state index is 10.9. The molecule has 0 radical (unpaired) electrons. The smallest absolute Gasteiger partial charge is 0.349 e. The molecule has 1 aliphatic rings. The highest BCUT2D eigenvalue weighted by molar-refractivity contribution is 7.16. The molecule has 1 aromatic rings. The minimum absolute atomic E-state index is 0.00236. The number of carboxylic acid groups (broad SMARTS) is 2. The maximum Gasteiger partial charge on any atom is 0.349 e. The van der Waals surface area contributed by atoms with Crippen LogP contribution in [0.3, 0.4) is 0 Å². The van der Waals surface area contributed by atoms with Crippen LogP contribution in [0.25, 0.3) is 0 Å². The molecule has 0 spiro atoms. The van der Waals surface area contributed by atoms with Crippen molar-refractivity contribution in [1.29, 1.82) is 0 Å². The summed E-state index contributed by atoms with van der Waals surface area (Å²) in [7, 11) is 0. The molecule has 7 heteroatoms. The summed E-state index contributed by atoms with van der Waals surface area (Å²) < 4.78 is 0. The molecule has 0 amide bonds. The average Bonchev–Trinajstić information content (AvgIpc) is 2.56. The third-order valence-corrected chi connectivity index (χ3v) is 3.32. The summed E-state index contributed by atoms with van der Waals surface area (Å²) in [5.41, 5.74) is 0.397. The van der Waals surface area contributed by atoms with Crippen LogP contribution in [0.2, 0.25) is 0 Å². The van der Waals surface area contributed by atoms with Gasteiger partial charge in [-0.25, -0.2) is 9.59 Å². The van der Waals surface area contributed by atoms with Gasteiger partial charge in [-0.05, 0) is 6.92 Å². The van der Waals surface area contributed by atoms with Crippen LogP contribution < -0.4 is 4.89 Å². The molecule has 1 atom stereocenters. The summed E-state index contributed by atoms with van der Waals surface area (Å²) in [5.74, 6) is -2.34. The minimum Gasteiger partial charge on any atom is -0.477 e. The molecule has 2 heterocycles. The van der Waals surface area contributed by atoms with Gasteiger partial charge in [0.2, 0.25) is 0 Å². The summed E-state index contributed by atoms with van der Waals surface area (Å²) in [6, 6.07) is 0. The second-order valence-electron chi connectivity index (χ2n) is 3.37. The van der Waals surface area contributed by atoms with E-state index in [1.165, 1.54) is 0 Å². The third kappa shape index (κ3) is 1.63. The molecule has 0 saturated heterocycles. The zero-order chi connectivity index (χ0) is 11.9. The Balaban J connectivity index is 2.57. The Labute approximate surface area is 94.0 Å². The van der Waals surface area contributed by atoms with Crippen LogP contribution in [-0.4, -0.2) is 28.3 Å². The van der Waals surface area contributed by atoms with Crippen molar-refractivity contribution < 1.29 is 29.6 Å². The highest BCUT2D eigenvalue weighted by Gasteiger charge is 2.32. The lowest BCUT2D eigenvalue weighted by molar-refractivity contribution is -0.249. The van der Waals surface area contributed by atoms with E-state index in [-0.39, 0.29) is 21.6 Å². The number of rotatable bonds is 2. The summed E-state index contributed by atoms with van der Waals surface area (Å²) in [5, 5.41) is 17.8. The van der Waals surface area contributed by atoms with Crippen molar-refractivity contribution >= 4 is 23.3 Å². The molecular weight excluding hydrogens is 236 g/mol. The maximum atomic E-state index is 10.9. The Kier molecular flexibility index (Phi) is 2.56. The van der Waals surface area contributed by atoms with Gasteiger partial charge in [-0.3, -0.25) is 0 Å². The van der Waals surface area contributed by atoms with Crippen molar-refractivity contribution in [3.8, 4) is 5.75 Å². The van der Waals surface area contributed by atoms with E-state index in [1.807, 2.05) is 0 Å². The second kappa shape index (κ2) is 3.76. The fourth-order valence-electron chi connectivity index (χ4n) is 1.49. The predicted molar refractivity (Wildman–Crippen MR) is 53.1 cm³/mol. The lowest BCUT2D eigenvalue weighted by Crippen LogP contribution is -2.21. The van der Waals surface area contributed by atoms with Crippen molar-refractivity contribution in [2.24, 2.45) is 0 Å². The van der Waals surface area contributed by atoms with Gasteiger partial charge in [-0.2, -0.15) is 4.89 Å². The zero-order valence-corrected chi connectivity index (χ0v) is 9.04. The number of fused-ring (bicyclic) bond motifs is 1. The van der Waals surface area contributed by atoms with E-state index in [9.17, 15) is 9.59 Å². The molecule has 2 N–H and O–H groups in total. The highest BCUT2D eigenvalue weighted by atomic mass is 32.1. The van der Waals surface area contributed by atoms with Gasteiger partial charge in [0.15, 0.2) is 10.6 Å². The van der Waals surface area contributed by atoms with Crippen molar-refractivity contribution in [2.75, 3.05) is 0 Å². The van der Waals surface area contributed by atoms with Crippen LogP contribution in [-0.2, 0) is 11.3 Å². The first kappa shape index (κ1) is 10.9. The Bertz CT molecular complexity index is 463. The molecule has 0 fully saturated rings.